The van der Waals surface area contributed by atoms with Gasteiger partial charge in [-0.15, -0.1) is 12.4 Å². The molecule has 0 amide bonds. The molecule has 3 aromatic rings. The number of rotatable bonds is 11. The first-order chi connectivity index (χ1) is 15.9. The molecule has 0 saturated heterocycles. The maximum atomic E-state index is 10.8. The quantitative estimate of drug-likeness (QED) is 0.155. The highest BCUT2D eigenvalue weighted by atomic mass is 79.9. The molecule has 0 heterocycles. The summed E-state index contributed by atoms with van der Waals surface area (Å²) in [5.41, 5.74) is 3.95. The molecule has 0 unspecified atom stereocenters. The van der Waals surface area contributed by atoms with Gasteiger partial charge in [0.05, 0.1) is 27.2 Å². The van der Waals surface area contributed by atoms with Crippen LogP contribution in [0.1, 0.15) is 16.7 Å². The fourth-order valence-electron chi connectivity index (χ4n) is 3.13. The minimum Gasteiger partial charge on any atom is -0.493 e. The topological polar surface area (TPSA) is 85.7 Å². The van der Waals surface area contributed by atoms with Crippen molar-refractivity contribution in [3.8, 4) is 11.5 Å². The molecular weight excluding hydrogens is 545 g/mol. The Morgan fingerprint density at radius 3 is 2.44 bits per heavy atom. The second kappa shape index (κ2) is 13.4. The first-order valence-corrected chi connectivity index (χ1v) is 11.5. The molecule has 3 rings (SSSR count). The van der Waals surface area contributed by atoms with Crippen LogP contribution < -0.4 is 20.1 Å². The number of hydrogen-bond donors (Lipinski definition) is 2. The predicted molar refractivity (Wildman–Crippen MR) is 142 cm³/mol. The largest absolute Gasteiger partial charge is 0.493 e. The van der Waals surface area contributed by atoms with Gasteiger partial charge in [-0.25, -0.2) is 0 Å². The zero-order valence-corrected chi connectivity index (χ0v) is 21.9. The number of hydrogen-bond acceptors (Lipinski definition) is 6. The van der Waals surface area contributed by atoms with Gasteiger partial charge in [0.15, 0.2) is 11.5 Å². The molecule has 0 saturated carbocycles. The van der Waals surface area contributed by atoms with Crippen LogP contribution in [0.3, 0.4) is 0 Å². The lowest BCUT2D eigenvalue weighted by atomic mass is 10.1. The maximum absolute atomic E-state index is 10.8. The van der Waals surface area contributed by atoms with E-state index < -0.39 is 4.92 Å². The van der Waals surface area contributed by atoms with E-state index in [0.29, 0.717) is 48.5 Å². The van der Waals surface area contributed by atoms with Crippen molar-refractivity contribution in [2.24, 2.45) is 0 Å². The number of aryl methyl sites for hydroxylation is 1. The summed E-state index contributed by atoms with van der Waals surface area (Å²) in [6.45, 7) is 4.40. The van der Waals surface area contributed by atoms with Gasteiger partial charge in [-0.1, -0.05) is 41.4 Å². The normalized spacial score (nSPS) is 10.4. The van der Waals surface area contributed by atoms with E-state index in [0.717, 1.165) is 15.6 Å². The van der Waals surface area contributed by atoms with Crippen LogP contribution in [0.5, 0.6) is 11.5 Å². The number of nitro groups is 1. The summed E-state index contributed by atoms with van der Waals surface area (Å²) >= 11 is 9.69. The molecule has 0 bridgehead atoms. The summed E-state index contributed by atoms with van der Waals surface area (Å²) in [7, 11) is 1.62. The molecule has 0 aromatic heterocycles. The third kappa shape index (κ3) is 7.77. The van der Waals surface area contributed by atoms with Crippen LogP contribution in [0.25, 0.3) is 0 Å². The van der Waals surface area contributed by atoms with Gasteiger partial charge in [-0.3, -0.25) is 10.1 Å². The van der Waals surface area contributed by atoms with Gasteiger partial charge in [0.2, 0.25) is 0 Å². The molecule has 34 heavy (non-hydrogen) atoms. The number of halogens is 3. The highest BCUT2D eigenvalue weighted by Gasteiger charge is 2.12. The van der Waals surface area contributed by atoms with Gasteiger partial charge in [0.25, 0.3) is 5.69 Å². The van der Waals surface area contributed by atoms with Crippen molar-refractivity contribution in [2.75, 3.05) is 25.5 Å². The van der Waals surface area contributed by atoms with Crippen LogP contribution in [-0.2, 0) is 13.2 Å². The summed E-state index contributed by atoms with van der Waals surface area (Å²) in [6, 6.07) is 16.5. The number of non-ortho nitro benzene ring substituents is 1. The van der Waals surface area contributed by atoms with Gasteiger partial charge in [0.1, 0.15) is 6.61 Å². The number of nitrogens with one attached hydrogen (secondary N) is 2. The average molecular weight is 571 g/mol. The lowest BCUT2D eigenvalue weighted by Crippen LogP contribution is -2.22. The van der Waals surface area contributed by atoms with E-state index >= 15 is 0 Å². The number of nitrogens with zero attached hydrogens (tertiary/aromatic N) is 1. The van der Waals surface area contributed by atoms with Gasteiger partial charge in [-0.05, 0) is 52.2 Å². The molecule has 10 heteroatoms. The van der Waals surface area contributed by atoms with Crippen molar-refractivity contribution >= 4 is 51.3 Å². The summed E-state index contributed by atoms with van der Waals surface area (Å²) < 4.78 is 12.4. The molecule has 2 N–H and O–H groups in total. The summed E-state index contributed by atoms with van der Waals surface area (Å²) in [6.07, 6.45) is 0. The Morgan fingerprint density at radius 2 is 1.79 bits per heavy atom. The zero-order valence-electron chi connectivity index (χ0n) is 18.8. The zero-order chi connectivity index (χ0) is 23.8. The Hall–Kier alpha value is -2.52. The van der Waals surface area contributed by atoms with Crippen LogP contribution in [0, 0.1) is 17.0 Å². The summed E-state index contributed by atoms with van der Waals surface area (Å²) in [5.74, 6) is 1.32. The van der Waals surface area contributed by atoms with Crippen molar-refractivity contribution in [1.82, 2.24) is 5.32 Å². The molecule has 0 fully saturated rings. The van der Waals surface area contributed by atoms with Crippen LogP contribution in [-0.4, -0.2) is 25.1 Å². The second-order valence-corrected chi connectivity index (χ2v) is 8.67. The smallest absolute Gasteiger partial charge is 0.271 e. The monoisotopic (exact) mass is 569 g/mol. The molecule has 182 valence electrons. The third-order valence-electron chi connectivity index (χ3n) is 4.90. The minimum atomic E-state index is -0.470. The Labute approximate surface area is 218 Å². The maximum Gasteiger partial charge on any atom is 0.271 e. The first-order valence-electron chi connectivity index (χ1n) is 10.3. The molecule has 0 aliphatic rings. The molecule has 0 aliphatic heterocycles. The Morgan fingerprint density at radius 1 is 1.06 bits per heavy atom. The Bertz CT molecular complexity index is 1110. The lowest BCUT2D eigenvalue weighted by Gasteiger charge is -2.15. The van der Waals surface area contributed by atoms with Crippen LogP contribution in [0.4, 0.5) is 11.4 Å². The van der Waals surface area contributed by atoms with Crippen molar-refractivity contribution in [2.45, 2.75) is 20.1 Å². The van der Waals surface area contributed by atoms with Crippen LogP contribution >= 0.6 is 39.9 Å². The van der Waals surface area contributed by atoms with E-state index in [4.69, 9.17) is 21.1 Å². The summed E-state index contributed by atoms with van der Waals surface area (Å²) in [5, 5.41) is 17.6. The van der Waals surface area contributed by atoms with Crippen molar-refractivity contribution in [1.29, 1.82) is 0 Å². The van der Waals surface area contributed by atoms with Crippen molar-refractivity contribution in [3.05, 3.63) is 90.9 Å². The van der Waals surface area contributed by atoms with Gasteiger partial charge >= 0.3 is 0 Å². The molecule has 0 spiro atoms. The lowest BCUT2D eigenvalue weighted by molar-refractivity contribution is -0.384. The molecule has 3 aromatic carbocycles. The molecule has 0 radical (unpaired) electrons. The number of nitro benzene ring substituents is 1. The van der Waals surface area contributed by atoms with Crippen molar-refractivity contribution in [3.63, 3.8) is 0 Å². The Balaban J connectivity index is 0.00000408. The fraction of sp³-hybridized carbons (Fsp3) is 0.250. The number of benzene rings is 3. The van der Waals surface area contributed by atoms with Gasteiger partial charge in [-0.2, -0.15) is 0 Å². The standard InChI is InChI=1S/C24H25BrClN3O4.ClH/c1-16-3-5-17(6-4-16)15-33-24-20(25)11-18(12-23(24)32-2)14-27-9-10-28-22-8-7-19(29(30)31)13-21(22)26;/h3-8,11-13,27-28H,9-10,14-15H2,1-2H3;1H. The van der Waals surface area contributed by atoms with Crippen LogP contribution in [0.15, 0.2) is 59.1 Å². The SMILES string of the molecule is COc1cc(CNCCNc2ccc([N+](=O)[O-])cc2Cl)cc(Br)c1OCc1ccc(C)cc1.Cl. The van der Waals surface area contributed by atoms with E-state index in [1.54, 1.807) is 13.2 Å². The number of methoxy groups -OCH3 is 1. The molecule has 7 nitrogen and oxygen atoms in total. The predicted octanol–water partition coefficient (Wildman–Crippen LogP) is 6.53. The minimum absolute atomic E-state index is 0. The van der Waals surface area contributed by atoms with E-state index in [1.165, 1.54) is 17.7 Å². The molecular formula is C24H26BrCl2N3O4. The number of anilines is 1. The highest BCUT2D eigenvalue weighted by Crippen LogP contribution is 2.37. The number of ether oxygens (including phenoxy) is 2. The first kappa shape index (κ1) is 27.7. The van der Waals surface area contributed by atoms with Crippen LogP contribution in [0.2, 0.25) is 5.02 Å². The van der Waals surface area contributed by atoms with Gasteiger partial charge in [0, 0.05) is 31.8 Å². The van der Waals surface area contributed by atoms with E-state index in [9.17, 15) is 10.1 Å². The highest BCUT2D eigenvalue weighted by molar-refractivity contribution is 9.10. The molecule has 0 atom stereocenters. The fourth-order valence-corrected chi connectivity index (χ4v) is 3.98. The second-order valence-electron chi connectivity index (χ2n) is 7.41. The average Bonchev–Trinajstić information content (AvgIpc) is 2.79. The van der Waals surface area contributed by atoms with Crippen molar-refractivity contribution < 1.29 is 14.4 Å². The van der Waals surface area contributed by atoms with E-state index in [1.807, 2.05) is 24.3 Å². The van der Waals surface area contributed by atoms with Gasteiger partial charge < -0.3 is 20.1 Å². The Kier molecular flexibility index (Phi) is 10.9. The van der Waals surface area contributed by atoms with E-state index in [-0.39, 0.29) is 18.1 Å². The van der Waals surface area contributed by atoms with E-state index in [2.05, 4.69) is 45.6 Å². The molecule has 0 aliphatic carbocycles. The summed E-state index contributed by atoms with van der Waals surface area (Å²) in [4.78, 5) is 10.3. The third-order valence-corrected chi connectivity index (χ3v) is 5.80.